The molecule has 1 heterocycles. The summed E-state index contributed by atoms with van der Waals surface area (Å²) in [6, 6.07) is 15.5. The minimum atomic E-state index is -0.0445. The van der Waals surface area contributed by atoms with E-state index in [1.807, 2.05) is 54.8 Å². The summed E-state index contributed by atoms with van der Waals surface area (Å²) in [6.07, 6.45) is 3.88. The molecular formula is C19H20N2O2S. The average molecular weight is 340 g/mol. The van der Waals surface area contributed by atoms with E-state index >= 15 is 0 Å². The van der Waals surface area contributed by atoms with E-state index in [0.717, 1.165) is 29.9 Å². The van der Waals surface area contributed by atoms with Crippen LogP contribution < -0.4 is 10.2 Å². The fraction of sp³-hybridized carbons (Fsp3) is 0.263. The van der Waals surface area contributed by atoms with Crippen LogP contribution in [-0.2, 0) is 16.0 Å². The summed E-state index contributed by atoms with van der Waals surface area (Å²) in [5.41, 5.74) is 2.65. The molecule has 24 heavy (non-hydrogen) atoms. The van der Waals surface area contributed by atoms with E-state index in [0.29, 0.717) is 12.8 Å². The highest BCUT2D eigenvalue weighted by atomic mass is 32.2. The number of carbonyl (C=O) groups is 2. The lowest BCUT2D eigenvalue weighted by molar-refractivity contribution is -0.117. The lowest BCUT2D eigenvalue weighted by Gasteiger charge is -2.15. The third kappa shape index (κ3) is 3.97. The van der Waals surface area contributed by atoms with Crippen LogP contribution in [0.1, 0.15) is 18.4 Å². The molecule has 0 spiro atoms. The van der Waals surface area contributed by atoms with E-state index in [1.165, 1.54) is 4.90 Å². The highest BCUT2D eigenvalue weighted by molar-refractivity contribution is 7.98. The van der Waals surface area contributed by atoms with Gasteiger partial charge >= 0.3 is 0 Å². The highest BCUT2D eigenvalue weighted by Crippen LogP contribution is 2.22. The van der Waals surface area contributed by atoms with Gasteiger partial charge in [0.1, 0.15) is 0 Å². The van der Waals surface area contributed by atoms with Crippen molar-refractivity contribution < 1.29 is 9.59 Å². The Kier molecular flexibility index (Phi) is 5.20. The third-order valence-electron chi connectivity index (χ3n) is 4.06. The van der Waals surface area contributed by atoms with Crippen LogP contribution in [0.25, 0.3) is 0 Å². The Morgan fingerprint density at radius 3 is 2.42 bits per heavy atom. The van der Waals surface area contributed by atoms with Crippen LogP contribution in [-0.4, -0.2) is 24.6 Å². The second-order valence-corrected chi connectivity index (χ2v) is 6.65. The first-order valence-electron chi connectivity index (χ1n) is 7.99. The summed E-state index contributed by atoms with van der Waals surface area (Å²) < 4.78 is 0. The van der Waals surface area contributed by atoms with Crippen molar-refractivity contribution in [3.8, 4) is 0 Å². The van der Waals surface area contributed by atoms with Crippen molar-refractivity contribution in [1.82, 2.24) is 0 Å². The second-order valence-electron chi connectivity index (χ2n) is 5.77. The number of carbonyl (C=O) groups excluding carboxylic acids is 2. The number of rotatable bonds is 5. The van der Waals surface area contributed by atoms with Gasteiger partial charge in [-0.1, -0.05) is 12.1 Å². The summed E-state index contributed by atoms with van der Waals surface area (Å²) in [4.78, 5) is 26.9. The molecule has 0 aromatic heterocycles. The zero-order valence-corrected chi connectivity index (χ0v) is 14.4. The van der Waals surface area contributed by atoms with Crippen molar-refractivity contribution in [3.05, 3.63) is 54.1 Å². The standard InChI is InChI=1S/C19H20N2O2S/c1-24-17-10-6-15(7-11-17)20-18(22)13-14-4-8-16(9-5-14)21-12-2-3-19(21)23/h4-11H,2-3,12-13H2,1H3,(H,20,22). The zero-order valence-electron chi connectivity index (χ0n) is 13.6. The van der Waals surface area contributed by atoms with Crippen LogP contribution in [0.15, 0.2) is 53.4 Å². The fourth-order valence-electron chi connectivity index (χ4n) is 2.78. The van der Waals surface area contributed by atoms with Gasteiger partial charge in [-0.25, -0.2) is 0 Å². The Hall–Kier alpha value is -2.27. The molecule has 2 aromatic carbocycles. The molecule has 1 fully saturated rings. The Morgan fingerprint density at radius 1 is 1.12 bits per heavy atom. The molecule has 3 rings (SSSR count). The molecule has 0 saturated carbocycles. The van der Waals surface area contributed by atoms with E-state index in [1.54, 1.807) is 16.7 Å². The summed E-state index contributed by atoms with van der Waals surface area (Å²) in [5, 5.41) is 2.91. The number of amides is 2. The van der Waals surface area contributed by atoms with Crippen LogP contribution in [0.3, 0.4) is 0 Å². The molecule has 0 bridgehead atoms. The molecule has 0 unspecified atom stereocenters. The van der Waals surface area contributed by atoms with Crippen LogP contribution in [0.4, 0.5) is 11.4 Å². The molecule has 4 nitrogen and oxygen atoms in total. The van der Waals surface area contributed by atoms with E-state index in [2.05, 4.69) is 5.32 Å². The largest absolute Gasteiger partial charge is 0.326 e. The molecule has 5 heteroatoms. The Labute approximate surface area is 146 Å². The molecule has 0 atom stereocenters. The second kappa shape index (κ2) is 7.53. The molecule has 0 aliphatic carbocycles. The molecule has 2 aromatic rings. The maximum Gasteiger partial charge on any atom is 0.228 e. The molecular weight excluding hydrogens is 320 g/mol. The van der Waals surface area contributed by atoms with Crippen molar-refractivity contribution in [2.24, 2.45) is 0 Å². The van der Waals surface area contributed by atoms with E-state index in [-0.39, 0.29) is 11.8 Å². The van der Waals surface area contributed by atoms with Gasteiger partial charge in [-0.2, -0.15) is 0 Å². The predicted octanol–water partition coefficient (Wildman–Crippen LogP) is 3.72. The molecule has 124 valence electrons. The Morgan fingerprint density at radius 2 is 1.83 bits per heavy atom. The first kappa shape index (κ1) is 16.6. The summed E-state index contributed by atoms with van der Waals surface area (Å²) in [7, 11) is 0. The summed E-state index contributed by atoms with van der Waals surface area (Å²) >= 11 is 1.67. The first-order valence-corrected chi connectivity index (χ1v) is 9.21. The van der Waals surface area contributed by atoms with Gasteiger partial charge in [0.2, 0.25) is 11.8 Å². The molecule has 1 aliphatic heterocycles. The minimum Gasteiger partial charge on any atom is -0.326 e. The zero-order chi connectivity index (χ0) is 16.9. The Bertz CT molecular complexity index is 726. The van der Waals surface area contributed by atoms with Gasteiger partial charge in [0.25, 0.3) is 0 Å². The molecule has 0 radical (unpaired) electrons. The smallest absolute Gasteiger partial charge is 0.228 e. The monoisotopic (exact) mass is 340 g/mol. The van der Waals surface area contributed by atoms with Crippen LogP contribution in [0.5, 0.6) is 0 Å². The maximum absolute atomic E-state index is 12.1. The number of hydrogen-bond acceptors (Lipinski definition) is 3. The quantitative estimate of drug-likeness (QED) is 0.844. The molecule has 1 N–H and O–H groups in total. The van der Waals surface area contributed by atoms with Crippen molar-refractivity contribution in [2.45, 2.75) is 24.2 Å². The van der Waals surface area contributed by atoms with Crippen molar-refractivity contribution in [1.29, 1.82) is 0 Å². The van der Waals surface area contributed by atoms with Crippen LogP contribution in [0.2, 0.25) is 0 Å². The Balaban J connectivity index is 1.58. The third-order valence-corrected chi connectivity index (χ3v) is 4.80. The fourth-order valence-corrected chi connectivity index (χ4v) is 3.19. The number of benzene rings is 2. The van der Waals surface area contributed by atoms with Crippen molar-refractivity contribution in [2.75, 3.05) is 23.0 Å². The SMILES string of the molecule is CSc1ccc(NC(=O)Cc2ccc(N3CCCC3=O)cc2)cc1. The van der Waals surface area contributed by atoms with E-state index < -0.39 is 0 Å². The van der Waals surface area contributed by atoms with Gasteiger partial charge < -0.3 is 10.2 Å². The first-order chi connectivity index (χ1) is 11.7. The number of anilines is 2. The van der Waals surface area contributed by atoms with Gasteiger partial charge in [-0.05, 0) is 54.6 Å². The van der Waals surface area contributed by atoms with Crippen molar-refractivity contribution in [3.63, 3.8) is 0 Å². The van der Waals surface area contributed by atoms with Crippen LogP contribution >= 0.6 is 11.8 Å². The lowest BCUT2D eigenvalue weighted by atomic mass is 10.1. The normalized spacial score (nSPS) is 14.0. The topological polar surface area (TPSA) is 49.4 Å². The summed E-state index contributed by atoms with van der Waals surface area (Å²) in [6.45, 7) is 0.782. The number of nitrogens with zero attached hydrogens (tertiary/aromatic N) is 1. The number of thioether (sulfide) groups is 1. The maximum atomic E-state index is 12.1. The van der Waals surface area contributed by atoms with Crippen LogP contribution in [0, 0.1) is 0 Å². The van der Waals surface area contributed by atoms with Gasteiger partial charge in [-0.15, -0.1) is 11.8 Å². The van der Waals surface area contributed by atoms with E-state index in [4.69, 9.17) is 0 Å². The van der Waals surface area contributed by atoms with E-state index in [9.17, 15) is 9.59 Å². The van der Waals surface area contributed by atoms with Gasteiger partial charge in [-0.3, -0.25) is 9.59 Å². The highest BCUT2D eigenvalue weighted by Gasteiger charge is 2.21. The minimum absolute atomic E-state index is 0.0445. The molecule has 1 saturated heterocycles. The molecule has 2 amide bonds. The van der Waals surface area contributed by atoms with Crippen molar-refractivity contribution >= 4 is 35.0 Å². The molecule has 1 aliphatic rings. The van der Waals surface area contributed by atoms with Gasteiger partial charge in [0.05, 0.1) is 6.42 Å². The lowest BCUT2D eigenvalue weighted by Crippen LogP contribution is -2.23. The van der Waals surface area contributed by atoms with Gasteiger partial charge in [0.15, 0.2) is 0 Å². The van der Waals surface area contributed by atoms with Gasteiger partial charge in [0, 0.05) is 29.2 Å². The number of hydrogen-bond donors (Lipinski definition) is 1. The number of nitrogens with one attached hydrogen (secondary N) is 1. The summed E-state index contributed by atoms with van der Waals surface area (Å²) in [5.74, 6) is 0.131. The predicted molar refractivity (Wildman–Crippen MR) is 98.6 cm³/mol. The average Bonchev–Trinajstić information content (AvgIpc) is 3.02.